The molecule has 0 bridgehead atoms. The lowest BCUT2D eigenvalue weighted by Gasteiger charge is -2.23. The fourth-order valence-corrected chi connectivity index (χ4v) is 5.35. The second kappa shape index (κ2) is 20.8. The number of likely N-dealkylation sites (N-methyl/N-ethyl adjacent to an activating group) is 2. The van der Waals surface area contributed by atoms with E-state index in [0.717, 1.165) is 11.4 Å². The molecule has 18 heteroatoms. The van der Waals surface area contributed by atoms with E-state index < -0.39 is 22.0 Å². The van der Waals surface area contributed by atoms with Gasteiger partial charge < -0.3 is 19.3 Å². The van der Waals surface area contributed by atoms with E-state index in [-0.39, 0.29) is 24.6 Å². The Morgan fingerprint density at radius 2 is 0.810 bits per heavy atom. The number of nitrogens with zero attached hydrogens (tertiary/aromatic N) is 8. The van der Waals surface area contributed by atoms with Gasteiger partial charge in [-0.25, -0.2) is 9.59 Å². The quantitative estimate of drug-likeness (QED) is 0.0486. The molecule has 0 atom stereocenters. The van der Waals surface area contributed by atoms with Gasteiger partial charge in [0.05, 0.1) is 45.7 Å². The number of ether oxygens (including phenoxy) is 2. The molecule has 0 aliphatic carbocycles. The number of carbonyl (C=O) groups is 2. The molecule has 0 aromatic heterocycles. The minimum atomic E-state index is -0.625. The summed E-state index contributed by atoms with van der Waals surface area (Å²) < 4.78 is 10.8. The highest BCUT2D eigenvalue weighted by Gasteiger charge is 2.11. The smallest absolute Gasteiger partial charge is 0.411 e. The number of carbonyl (C=O) groups excluding carboxylic acids is 2. The summed E-state index contributed by atoms with van der Waals surface area (Å²) in [6.07, 6.45) is -1.25. The van der Waals surface area contributed by atoms with E-state index in [2.05, 4.69) is 31.1 Å². The first-order chi connectivity index (χ1) is 28.1. The normalized spacial score (nSPS) is 10.9. The van der Waals surface area contributed by atoms with Crippen LogP contribution in [-0.4, -0.2) is 61.4 Å². The van der Waals surface area contributed by atoms with Crippen molar-refractivity contribution in [1.82, 2.24) is 0 Å². The molecule has 0 radical (unpaired) electrons. The highest BCUT2D eigenvalue weighted by atomic mass is 16.6. The third kappa shape index (κ3) is 12.7. The number of non-ortho nitro benzene ring substituents is 2. The molecular formula is C40H40N10O8. The van der Waals surface area contributed by atoms with Crippen LogP contribution in [0.1, 0.15) is 13.8 Å². The SMILES string of the molecule is CCN(CCOC(=O)Nc1ccc(NC(=O)OCCN(CC)c2ccc(N=Nc3ccc([N+](=O)[O-])cc3)cc2)cc1)c1ccc(N=Nc2ccc([N+](=O)[O-])cc2)cc1. The highest BCUT2D eigenvalue weighted by Crippen LogP contribution is 2.26. The number of rotatable bonds is 18. The first-order valence-corrected chi connectivity index (χ1v) is 18.1. The van der Waals surface area contributed by atoms with E-state index >= 15 is 0 Å². The number of anilines is 4. The lowest BCUT2D eigenvalue weighted by Crippen LogP contribution is -2.29. The van der Waals surface area contributed by atoms with Gasteiger partial charge in [-0.2, -0.15) is 20.5 Å². The Bertz CT molecular complexity index is 2040. The van der Waals surface area contributed by atoms with Crippen molar-refractivity contribution in [2.45, 2.75) is 13.8 Å². The molecule has 18 nitrogen and oxygen atoms in total. The first kappa shape index (κ1) is 41.4. The zero-order chi connectivity index (χ0) is 41.3. The molecule has 0 aliphatic rings. The van der Waals surface area contributed by atoms with Crippen molar-refractivity contribution in [3.05, 3.63) is 142 Å². The van der Waals surface area contributed by atoms with Gasteiger partial charge >= 0.3 is 12.2 Å². The maximum atomic E-state index is 12.5. The third-order valence-electron chi connectivity index (χ3n) is 8.44. The largest absolute Gasteiger partial charge is 0.447 e. The van der Waals surface area contributed by atoms with Crippen LogP contribution in [-0.2, 0) is 9.47 Å². The maximum absolute atomic E-state index is 12.5. The lowest BCUT2D eigenvalue weighted by atomic mass is 10.2. The van der Waals surface area contributed by atoms with Crippen molar-refractivity contribution in [1.29, 1.82) is 0 Å². The Balaban J connectivity index is 0.989. The highest BCUT2D eigenvalue weighted by molar-refractivity contribution is 5.87. The maximum Gasteiger partial charge on any atom is 0.411 e. The molecule has 5 rings (SSSR count). The number of benzene rings is 5. The van der Waals surface area contributed by atoms with Crippen LogP contribution in [0.2, 0.25) is 0 Å². The van der Waals surface area contributed by atoms with Gasteiger partial charge in [0.1, 0.15) is 13.2 Å². The molecule has 0 saturated carbocycles. The van der Waals surface area contributed by atoms with Crippen LogP contribution in [0, 0.1) is 20.2 Å². The van der Waals surface area contributed by atoms with Gasteiger partial charge in [0.25, 0.3) is 11.4 Å². The Morgan fingerprint density at radius 1 is 0.517 bits per heavy atom. The van der Waals surface area contributed by atoms with Crippen molar-refractivity contribution in [2.24, 2.45) is 20.5 Å². The van der Waals surface area contributed by atoms with E-state index in [1.54, 1.807) is 48.5 Å². The van der Waals surface area contributed by atoms with Crippen molar-refractivity contribution in [3.8, 4) is 0 Å². The summed E-state index contributed by atoms with van der Waals surface area (Å²) in [6, 6.07) is 32.8. The standard InChI is InChI=1S/C40H40N10O8/c1-3-47(35-17-9-31(10-18-35)43-45-33-13-21-37(22-14-33)49(53)54)25-27-57-39(51)41-29-5-7-30(8-6-29)42-40(52)58-28-26-48(4-2)36-19-11-32(12-20-36)44-46-34-15-23-38(24-16-34)50(55)56/h5-24H,3-4,25-28H2,1-2H3,(H,41,51)(H,42,52). The Labute approximate surface area is 333 Å². The topological polar surface area (TPSA) is 219 Å². The van der Waals surface area contributed by atoms with Crippen molar-refractivity contribution in [2.75, 3.05) is 59.8 Å². The van der Waals surface area contributed by atoms with Crippen molar-refractivity contribution >= 4 is 69.1 Å². The molecule has 0 saturated heterocycles. The van der Waals surface area contributed by atoms with E-state index in [0.29, 0.717) is 60.3 Å². The summed E-state index contributed by atoms with van der Waals surface area (Å²) in [4.78, 5) is 49.7. The second-order valence-corrected chi connectivity index (χ2v) is 12.2. The number of amides is 2. The molecule has 2 amide bonds. The third-order valence-corrected chi connectivity index (χ3v) is 8.44. The number of nitrogens with one attached hydrogen (secondary N) is 2. The van der Waals surface area contributed by atoms with Crippen LogP contribution < -0.4 is 20.4 Å². The molecular weight excluding hydrogens is 749 g/mol. The molecule has 0 unspecified atom stereocenters. The average Bonchev–Trinajstić information content (AvgIpc) is 3.24. The summed E-state index contributed by atoms with van der Waals surface area (Å²) in [5.41, 5.74) is 4.93. The van der Waals surface area contributed by atoms with E-state index in [1.807, 2.05) is 47.9 Å². The van der Waals surface area contributed by atoms with Crippen LogP contribution in [0.4, 0.5) is 66.5 Å². The minimum Gasteiger partial charge on any atom is -0.447 e. The van der Waals surface area contributed by atoms with Crippen molar-refractivity contribution in [3.63, 3.8) is 0 Å². The van der Waals surface area contributed by atoms with Gasteiger partial charge in [0.2, 0.25) is 0 Å². The Hall–Kier alpha value is -7.76. The predicted molar refractivity (Wildman–Crippen MR) is 220 cm³/mol. The predicted octanol–water partition coefficient (Wildman–Crippen LogP) is 10.5. The number of hydrogen-bond donors (Lipinski definition) is 2. The number of hydrogen-bond acceptors (Lipinski definition) is 14. The fraction of sp³-hybridized carbons (Fsp3) is 0.200. The number of nitro groups is 2. The van der Waals surface area contributed by atoms with Crippen LogP contribution in [0.3, 0.4) is 0 Å². The number of azo groups is 2. The molecule has 0 fully saturated rings. The van der Waals surface area contributed by atoms with Crippen LogP contribution in [0.15, 0.2) is 142 Å². The summed E-state index contributed by atoms with van der Waals surface area (Å²) in [6.45, 7) is 6.46. The van der Waals surface area contributed by atoms with Gasteiger partial charge in [-0.1, -0.05) is 0 Å². The molecule has 0 aliphatic heterocycles. The van der Waals surface area contributed by atoms with Crippen LogP contribution >= 0.6 is 0 Å². The van der Waals surface area contributed by atoms with E-state index in [4.69, 9.17) is 9.47 Å². The van der Waals surface area contributed by atoms with Gasteiger partial charge in [-0.3, -0.25) is 30.9 Å². The van der Waals surface area contributed by atoms with Crippen LogP contribution in [0.5, 0.6) is 0 Å². The van der Waals surface area contributed by atoms with Crippen LogP contribution in [0.25, 0.3) is 0 Å². The van der Waals surface area contributed by atoms with E-state index in [1.165, 1.54) is 48.5 Å². The fourth-order valence-electron chi connectivity index (χ4n) is 5.35. The summed E-state index contributed by atoms with van der Waals surface area (Å²) in [5, 5.41) is 43.6. The summed E-state index contributed by atoms with van der Waals surface area (Å²) in [5.74, 6) is 0. The lowest BCUT2D eigenvalue weighted by molar-refractivity contribution is -0.385. The summed E-state index contributed by atoms with van der Waals surface area (Å²) >= 11 is 0. The molecule has 298 valence electrons. The van der Waals surface area contributed by atoms with Gasteiger partial charge in [-0.05, 0) is 111 Å². The van der Waals surface area contributed by atoms with E-state index in [9.17, 15) is 29.8 Å². The molecule has 5 aromatic carbocycles. The zero-order valence-corrected chi connectivity index (χ0v) is 31.6. The average molecular weight is 789 g/mol. The first-order valence-electron chi connectivity index (χ1n) is 18.1. The van der Waals surface area contributed by atoms with Gasteiger partial charge in [0, 0.05) is 60.1 Å². The van der Waals surface area contributed by atoms with Crippen molar-refractivity contribution < 1.29 is 28.9 Å². The molecule has 5 aromatic rings. The second-order valence-electron chi connectivity index (χ2n) is 12.2. The molecule has 2 N–H and O–H groups in total. The minimum absolute atomic E-state index is 0.0190. The number of nitro benzene ring substituents is 2. The Kier molecular flexibility index (Phi) is 14.8. The monoisotopic (exact) mass is 788 g/mol. The molecule has 0 heterocycles. The van der Waals surface area contributed by atoms with Gasteiger partial charge in [-0.15, -0.1) is 0 Å². The zero-order valence-electron chi connectivity index (χ0n) is 31.6. The molecule has 58 heavy (non-hydrogen) atoms. The Morgan fingerprint density at radius 3 is 1.09 bits per heavy atom. The van der Waals surface area contributed by atoms with Gasteiger partial charge in [0.15, 0.2) is 0 Å². The summed E-state index contributed by atoms with van der Waals surface area (Å²) in [7, 11) is 0. The molecule has 0 spiro atoms.